The first kappa shape index (κ1) is 17.7. The molecule has 1 N–H and O–H groups in total. The monoisotopic (exact) mass is 390 g/mol. The molecule has 0 spiro atoms. The smallest absolute Gasteiger partial charge is 0.296 e. The van der Waals surface area contributed by atoms with E-state index in [2.05, 4.69) is 21.2 Å². The largest absolute Gasteiger partial charge is 0.494 e. The van der Waals surface area contributed by atoms with Crippen LogP contribution in [0.2, 0.25) is 0 Å². The van der Waals surface area contributed by atoms with Crippen molar-refractivity contribution in [3.05, 3.63) is 68.7 Å². The van der Waals surface area contributed by atoms with Crippen molar-refractivity contribution in [1.82, 2.24) is 0 Å². The second-order valence-electron chi connectivity index (χ2n) is 4.74. The average Bonchev–Trinajstić information content (AvgIpc) is 2.56. The van der Waals surface area contributed by atoms with Crippen LogP contribution in [0, 0.1) is 10.1 Å². The summed E-state index contributed by atoms with van der Waals surface area (Å²) in [5, 5.41) is 13.7. The number of hydrogen-bond donors (Lipinski definition) is 1. The molecule has 0 heterocycles. The van der Waals surface area contributed by atoms with E-state index < -0.39 is 10.8 Å². The molecule has 0 aliphatic rings. The van der Waals surface area contributed by atoms with E-state index in [1.807, 2.05) is 24.3 Å². The standard InChI is InChI=1S/C17H15BrN2O4/c1-2-24-14-8-9-15(16(11-14)20(22)23)19-17(21)10-5-12-3-6-13(18)7-4-12/h3-11H,2H2,1H3,(H,19,21)/b10-5+. The van der Waals surface area contributed by atoms with Gasteiger partial charge in [0, 0.05) is 10.5 Å². The molecule has 0 fully saturated rings. The molecule has 0 aromatic heterocycles. The van der Waals surface area contributed by atoms with E-state index in [1.54, 1.807) is 19.1 Å². The van der Waals surface area contributed by atoms with Gasteiger partial charge < -0.3 is 10.1 Å². The number of nitro benzene ring substituents is 1. The van der Waals surface area contributed by atoms with Crippen molar-refractivity contribution < 1.29 is 14.5 Å². The van der Waals surface area contributed by atoms with E-state index >= 15 is 0 Å². The summed E-state index contributed by atoms with van der Waals surface area (Å²) in [6.07, 6.45) is 2.95. The normalized spacial score (nSPS) is 10.6. The van der Waals surface area contributed by atoms with Gasteiger partial charge in [0.2, 0.25) is 5.91 Å². The predicted octanol–water partition coefficient (Wildman–Crippen LogP) is 4.41. The third-order valence-electron chi connectivity index (χ3n) is 3.03. The Hall–Kier alpha value is -2.67. The maximum atomic E-state index is 12.0. The van der Waals surface area contributed by atoms with Crippen LogP contribution in [0.3, 0.4) is 0 Å². The zero-order valence-corrected chi connectivity index (χ0v) is 14.4. The average molecular weight is 391 g/mol. The second kappa shape index (κ2) is 8.26. The van der Waals surface area contributed by atoms with Crippen LogP contribution in [0.1, 0.15) is 12.5 Å². The van der Waals surface area contributed by atoms with E-state index in [-0.39, 0.29) is 11.4 Å². The van der Waals surface area contributed by atoms with E-state index in [0.29, 0.717) is 12.4 Å². The Morgan fingerprint density at radius 2 is 2.00 bits per heavy atom. The van der Waals surface area contributed by atoms with E-state index in [0.717, 1.165) is 10.0 Å². The Morgan fingerprint density at radius 1 is 1.29 bits per heavy atom. The lowest BCUT2D eigenvalue weighted by Crippen LogP contribution is -2.09. The molecule has 0 bridgehead atoms. The molecular weight excluding hydrogens is 376 g/mol. The highest BCUT2D eigenvalue weighted by atomic mass is 79.9. The number of benzene rings is 2. The number of nitrogens with one attached hydrogen (secondary N) is 1. The van der Waals surface area contributed by atoms with E-state index in [4.69, 9.17) is 4.74 Å². The summed E-state index contributed by atoms with van der Waals surface area (Å²) in [6, 6.07) is 11.7. The summed E-state index contributed by atoms with van der Waals surface area (Å²) in [5.74, 6) is -0.0715. The van der Waals surface area contributed by atoms with Gasteiger partial charge in [-0.15, -0.1) is 0 Å². The molecule has 124 valence electrons. The summed E-state index contributed by atoms with van der Waals surface area (Å²) in [4.78, 5) is 22.6. The summed E-state index contributed by atoms with van der Waals surface area (Å²) >= 11 is 3.33. The minimum absolute atomic E-state index is 0.119. The molecule has 24 heavy (non-hydrogen) atoms. The van der Waals surface area contributed by atoms with Crippen molar-refractivity contribution in [2.24, 2.45) is 0 Å². The topological polar surface area (TPSA) is 81.5 Å². The van der Waals surface area contributed by atoms with Crippen molar-refractivity contribution in [3.8, 4) is 5.75 Å². The molecule has 0 aliphatic heterocycles. The van der Waals surface area contributed by atoms with Gasteiger partial charge >= 0.3 is 0 Å². The molecule has 0 aliphatic carbocycles. The van der Waals surface area contributed by atoms with Crippen molar-refractivity contribution in [2.45, 2.75) is 6.92 Å². The first-order chi connectivity index (χ1) is 11.5. The van der Waals surface area contributed by atoms with Gasteiger partial charge in [-0.1, -0.05) is 28.1 Å². The predicted molar refractivity (Wildman–Crippen MR) is 96.1 cm³/mol. The minimum Gasteiger partial charge on any atom is -0.494 e. The summed E-state index contributed by atoms with van der Waals surface area (Å²) < 4.78 is 6.18. The quantitative estimate of drug-likeness (QED) is 0.449. The fourth-order valence-corrected chi connectivity index (χ4v) is 2.21. The lowest BCUT2D eigenvalue weighted by Gasteiger charge is -2.07. The van der Waals surface area contributed by atoms with Crippen LogP contribution < -0.4 is 10.1 Å². The highest BCUT2D eigenvalue weighted by Gasteiger charge is 2.16. The van der Waals surface area contributed by atoms with Crippen LogP contribution >= 0.6 is 15.9 Å². The number of nitrogens with zero attached hydrogens (tertiary/aromatic N) is 1. The lowest BCUT2D eigenvalue weighted by atomic mass is 10.2. The van der Waals surface area contributed by atoms with Crippen LogP contribution in [0.4, 0.5) is 11.4 Å². The number of nitro groups is 1. The fraction of sp³-hybridized carbons (Fsp3) is 0.118. The number of hydrogen-bond acceptors (Lipinski definition) is 4. The van der Waals surface area contributed by atoms with Gasteiger partial charge in [-0.05, 0) is 42.8 Å². The molecule has 2 aromatic carbocycles. The zero-order valence-electron chi connectivity index (χ0n) is 12.9. The zero-order chi connectivity index (χ0) is 17.5. The molecule has 2 rings (SSSR count). The molecule has 0 unspecified atom stereocenters. The lowest BCUT2D eigenvalue weighted by molar-refractivity contribution is -0.384. The summed E-state index contributed by atoms with van der Waals surface area (Å²) in [7, 11) is 0. The number of rotatable bonds is 6. The van der Waals surface area contributed by atoms with E-state index in [1.165, 1.54) is 18.2 Å². The van der Waals surface area contributed by atoms with Crippen LogP contribution in [-0.4, -0.2) is 17.4 Å². The number of halogens is 1. The Balaban J connectivity index is 2.13. The number of ether oxygens (including phenoxy) is 1. The Labute approximate surface area is 147 Å². The van der Waals surface area contributed by atoms with Crippen LogP contribution in [-0.2, 0) is 4.79 Å². The van der Waals surface area contributed by atoms with Gasteiger partial charge in [-0.25, -0.2) is 0 Å². The third kappa shape index (κ3) is 4.92. The Kier molecular flexibility index (Phi) is 6.08. The SMILES string of the molecule is CCOc1ccc(NC(=O)/C=C/c2ccc(Br)cc2)c([N+](=O)[O-])c1. The molecule has 0 saturated carbocycles. The molecular formula is C17H15BrN2O4. The Morgan fingerprint density at radius 3 is 2.62 bits per heavy atom. The Bertz CT molecular complexity index is 773. The first-order valence-electron chi connectivity index (χ1n) is 7.15. The van der Waals surface area contributed by atoms with Gasteiger partial charge in [-0.2, -0.15) is 0 Å². The van der Waals surface area contributed by atoms with Crippen molar-refractivity contribution >= 4 is 39.3 Å². The molecule has 2 aromatic rings. The number of anilines is 1. The molecule has 0 atom stereocenters. The molecule has 6 nitrogen and oxygen atoms in total. The maximum absolute atomic E-state index is 12.0. The minimum atomic E-state index is -0.559. The number of carbonyl (C=O) groups is 1. The van der Waals surface area contributed by atoms with Crippen molar-refractivity contribution in [3.63, 3.8) is 0 Å². The highest BCUT2D eigenvalue weighted by Crippen LogP contribution is 2.29. The van der Waals surface area contributed by atoms with Crippen LogP contribution in [0.25, 0.3) is 6.08 Å². The summed E-state index contributed by atoms with van der Waals surface area (Å²) in [5.41, 5.74) is 0.745. The number of amides is 1. The van der Waals surface area contributed by atoms with Crippen molar-refractivity contribution in [2.75, 3.05) is 11.9 Å². The second-order valence-corrected chi connectivity index (χ2v) is 5.66. The van der Waals surface area contributed by atoms with E-state index in [9.17, 15) is 14.9 Å². The number of carbonyl (C=O) groups excluding carboxylic acids is 1. The first-order valence-corrected chi connectivity index (χ1v) is 7.94. The summed E-state index contributed by atoms with van der Waals surface area (Å²) in [6.45, 7) is 2.19. The molecule has 0 radical (unpaired) electrons. The van der Waals surface area contributed by atoms with Gasteiger partial charge in [0.1, 0.15) is 11.4 Å². The van der Waals surface area contributed by atoms with Crippen LogP contribution in [0.5, 0.6) is 5.75 Å². The highest BCUT2D eigenvalue weighted by molar-refractivity contribution is 9.10. The van der Waals surface area contributed by atoms with Crippen LogP contribution in [0.15, 0.2) is 53.0 Å². The van der Waals surface area contributed by atoms with Gasteiger partial charge in [0.15, 0.2) is 0 Å². The molecule has 1 amide bonds. The van der Waals surface area contributed by atoms with Gasteiger partial charge in [0.05, 0.1) is 17.6 Å². The van der Waals surface area contributed by atoms with Gasteiger partial charge in [0.25, 0.3) is 5.69 Å². The molecule has 0 saturated heterocycles. The maximum Gasteiger partial charge on any atom is 0.296 e. The van der Waals surface area contributed by atoms with Crippen molar-refractivity contribution in [1.29, 1.82) is 0 Å². The molecule has 7 heteroatoms. The fourth-order valence-electron chi connectivity index (χ4n) is 1.94. The third-order valence-corrected chi connectivity index (χ3v) is 3.56. The van der Waals surface area contributed by atoms with Gasteiger partial charge in [-0.3, -0.25) is 14.9 Å².